The molecule has 2 N–H and O–H groups in total. The molecule has 1 heterocycles. The van der Waals surface area contributed by atoms with Crippen LogP contribution in [0.5, 0.6) is 0 Å². The van der Waals surface area contributed by atoms with Crippen LogP contribution in [0.1, 0.15) is 28.7 Å². The van der Waals surface area contributed by atoms with Crippen LogP contribution in [0.2, 0.25) is 0 Å². The second kappa shape index (κ2) is 7.36. The van der Waals surface area contributed by atoms with E-state index in [-0.39, 0.29) is 17.0 Å². The van der Waals surface area contributed by atoms with Gasteiger partial charge in [0, 0.05) is 23.6 Å². The van der Waals surface area contributed by atoms with Crippen LogP contribution in [-0.4, -0.2) is 25.6 Å². The van der Waals surface area contributed by atoms with Crippen LogP contribution in [-0.2, 0) is 6.42 Å². The van der Waals surface area contributed by atoms with E-state index < -0.39 is 4.92 Å². The Morgan fingerprint density at radius 1 is 1.19 bits per heavy atom. The molecule has 3 aromatic rings. The lowest BCUT2D eigenvalue weighted by Crippen LogP contribution is -2.13. The van der Waals surface area contributed by atoms with Gasteiger partial charge in [0.15, 0.2) is 11.6 Å². The third kappa shape index (κ3) is 3.42. The van der Waals surface area contributed by atoms with Crippen molar-refractivity contribution in [2.45, 2.75) is 23.4 Å². The summed E-state index contributed by atoms with van der Waals surface area (Å²) in [6.07, 6.45) is 0.594. The number of hydrogen-bond acceptors (Lipinski definition) is 7. The first-order valence-electron chi connectivity index (χ1n) is 7.76. The molecular formula is C17H15N5O3S. The molecule has 3 rings (SSSR count). The first-order chi connectivity index (χ1) is 12.5. The van der Waals surface area contributed by atoms with Gasteiger partial charge in [-0.15, -0.1) is 10.2 Å². The maximum absolute atomic E-state index is 12.5. The fourth-order valence-electron chi connectivity index (χ4n) is 2.36. The van der Waals surface area contributed by atoms with Gasteiger partial charge in [-0.1, -0.05) is 37.3 Å². The van der Waals surface area contributed by atoms with Crippen LogP contribution < -0.4 is 5.84 Å². The van der Waals surface area contributed by atoms with E-state index in [9.17, 15) is 14.9 Å². The van der Waals surface area contributed by atoms with E-state index in [0.717, 1.165) is 11.8 Å². The predicted molar refractivity (Wildman–Crippen MR) is 96.6 cm³/mol. The Morgan fingerprint density at radius 2 is 1.92 bits per heavy atom. The molecule has 0 spiro atoms. The van der Waals surface area contributed by atoms with E-state index >= 15 is 0 Å². The molecule has 0 aliphatic heterocycles. The molecule has 0 bridgehead atoms. The third-order valence-corrected chi connectivity index (χ3v) is 4.73. The summed E-state index contributed by atoms with van der Waals surface area (Å²) in [5.41, 5.74) is 0.532. The number of nitrogens with zero attached hydrogens (tertiary/aromatic N) is 4. The number of nitro benzene ring substituents is 1. The van der Waals surface area contributed by atoms with Crippen molar-refractivity contribution < 1.29 is 9.72 Å². The number of benzene rings is 2. The highest BCUT2D eigenvalue weighted by Crippen LogP contribution is 2.34. The SMILES string of the molecule is CCc1nnc(Sc2ccc(C(=O)c3ccccc3)cc2[N+](=O)[O-])n1N. The van der Waals surface area contributed by atoms with Crippen molar-refractivity contribution in [2.24, 2.45) is 0 Å². The first kappa shape index (κ1) is 17.6. The average molecular weight is 369 g/mol. The monoisotopic (exact) mass is 369 g/mol. The zero-order valence-corrected chi connectivity index (χ0v) is 14.6. The minimum absolute atomic E-state index is 0.183. The van der Waals surface area contributed by atoms with Crippen molar-refractivity contribution >= 4 is 23.2 Å². The van der Waals surface area contributed by atoms with Gasteiger partial charge in [0.1, 0.15) is 0 Å². The van der Waals surface area contributed by atoms with Crippen molar-refractivity contribution in [3.05, 3.63) is 75.6 Å². The molecule has 0 radical (unpaired) electrons. The maximum Gasteiger partial charge on any atom is 0.284 e. The molecule has 0 aliphatic rings. The smallest absolute Gasteiger partial charge is 0.284 e. The van der Waals surface area contributed by atoms with E-state index in [4.69, 9.17) is 5.84 Å². The second-order valence-corrected chi connectivity index (χ2v) is 6.37. The zero-order chi connectivity index (χ0) is 18.7. The molecule has 0 saturated carbocycles. The number of ketones is 1. The predicted octanol–water partition coefficient (Wildman–Crippen LogP) is 2.84. The molecule has 132 valence electrons. The standard InChI is InChI=1S/C17H15N5O3S/c1-2-15-19-20-17(21(15)18)26-14-9-8-12(10-13(14)22(24)25)16(23)11-6-4-3-5-7-11/h3-10H,2,18H2,1H3. The molecule has 1 aromatic heterocycles. The lowest BCUT2D eigenvalue weighted by molar-refractivity contribution is -0.387. The summed E-state index contributed by atoms with van der Waals surface area (Å²) < 4.78 is 1.30. The fourth-order valence-corrected chi connectivity index (χ4v) is 3.22. The molecule has 0 fully saturated rings. The highest BCUT2D eigenvalue weighted by Gasteiger charge is 2.21. The second-order valence-electron chi connectivity index (χ2n) is 5.36. The zero-order valence-electron chi connectivity index (χ0n) is 13.8. The maximum atomic E-state index is 12.5. The summed E-state index contributed by atoms with van der Waals surface area (Å²) in [5, 5.41) is 19.7. The molecule has 8 nitrogen and oxygen atoms in total. The Labute approximate surface area is 153 Å². The summed E-state index contributed by atoms with van der Waals surface area (Å²) in [7, 11) is 0. The number of aromatic nitrogens is 3. The summed E-state index contributed by atoms with van der Waals surface area (Å²) in [6, 6.07) is 13.0. The van der Waals surface area contributed by atoms with Gasteiger partial charge >= 0.3 is 0 Å². The Balaban J connectivity index is 1.96. The van der Waals surface area contributed by atoms with Crippen molar-refractivity contribution in [3.63, 3.8) is 0 Å². The molecule has 0 unspecified atom stereocenters. The summed E-state index contributed by atoms with van der Waals surface area (Å²) in [6.45, 7) is 1.88. The molecule has 0 amide bonds. The van der Waals surface area contributed by atoms with Crippen molar-refractivity contribution in [1.29, 1.82) is 0 Å². The molecule has 2 aromatic carbocycles. The quantitative estimate of drug-likeness (QED) is 0.307. The van der Waals surface area contributed by atoms with Crippen molar-refractivity contribution in [1.82, 2.24) is 14.9 Å². The molecule has 0 saturated heterocycles. The van der Waals surface area contributed by atoms with Gasteiger partial charge in [-0.05, 0) is 23.9 Å². The number of nitro groups is 1. The van der Waals surface area contributed by atoms with Gasteiger partial charge in [0.05, 0.1) is 9.82 Å². The van der Waals surface area contributed by atoms with Crippen LogP contribution in [0.4, 0.5) is 5.69 Å². The van der Waals surface area contributed by atoms with Gasteiger partial charge in [-0.25, -0.2) is 4.68 Å². The van der Waals surface area contributed by atoms with E-state index in [0.29, 0.717) is 27.9 Å². The van der Waals surface area contributed by atoms with Gasteiger partial charge in [-0.3, -0.25) is 14.9 Å². The first-order valence-corrected chi connectivity index (χ1v) is 8.58. The van der Waals surface area contributed by atoms with Crippen LogP contribution in [0, 0.1) is 10.1 Å². The summed E-state index contributed by atoms with van der Waals surface area (Å²) >= 11 is 1.03. The number of aryl methyl sites for hydroxylation is 1. The summed E-state index contributed by atoms with van der Waals surface area (Å²) in [4.78, 5) is 23.8. The van der Waals surface area contributed by atoms with E-state index in [1.165, 1.54) is 16.8 Å². The van der Waals surface area contributed by atoms with Crippen LogP contribution >= 0.6 is 11.8 Å². The molecule has 0 atom stereocenters. The number of rotatable bonds is 6. The minimum Gasteiger partial charge on any atom is -0.336 e. The minimum atomic E-state index is -0.526. The Bertz CT molecular complexity index is 972. The van der Waals surface area contributed by atoms with Gasteiger partial charge < -0.3 is 5.84 Å². The van der Waals surface area contributed by atoms with Crippen molar-refractivity contribution in [2.75, 3.05) is 5.84 Å². The highest BCUT2D eigenvalue weighted by molar-refractivity contribution is 7.99. The largest absolute Gasteiger partial charge is 0.336 e. The molecular weight excluding hydrogens is 354 g/mol. The Hall–Kier alpha value is -3.20. The van der Waals surface area contributed by atoms with Gasteiger partial charge in [-0.2, -0.15) is 0 Å². The normalized spacial score (nSPS) is 10.7. The molecule has 0 aliphatic carbocycles. The van der Waals surface area contributed by atoms with E-state index in [2.05, 4.69) is 10.2 Å². The lowest BCUT2D eigenvalue weighted by atomic mass is 10.0. The lowest BCUT2D eigenvalue weighted by Gasteiger charge is -2.06. The Morgan fingerprint density at radius 3 is 2.54 bits per heavy atom. The Kier molecular flexibility index (Phi) is 4.99. The van der Waals surface area contributed by atoms with Gasteiger partial charge in [0.25, 0.3) is 5.69 Å². The number of carbonyl (C=O) groups is 1. The van der Waals surface area contributed by atoms with Gasteiger partial charge in [0.2, 0.25) is 5.16 Å². The number of nitrogens with two attached hydrogens (primary N) is 1. The fraction of sp³-hybridized carbons (Fsp3) is 0.118. The number of nitrogen functional groups attached to an aromatic ring is 1. The number of carbonyl (C=O) groups excluding carboxylic acids is 1. The van der Waals surface area contributed by atoms with Crippen molar-refractivity contribution in [3.8, 4) is 0 Å². The molecule has 26 heavy (non-hydrogen) atoms. The van der Waals surface area contributed by atoms with E-state index in [1.54, 1.807) is 36.4 Å². The third-order valence-electron chi connectivity index (χ3n) is 3.71. The summed E-state index contributed by atoms with van der Waals surface area (Å²) in [5.74, 6) is 6.19. The van der Waals surface area contributed by atoms with Crippen LogP contribution in [0.25, 0.3) is 0 Å². The molecule has 9 heteroatoms. The van der Waals surface area contributed by atoms with E-state index in [1.807, 2.05) is 6.92 Å². The van der Waals surface area contributed by atoms with Crippen LogP contribution in [0.3, 0.4) is 0 Å². The number of hydrogen-bond donors (Lipinski definition) is 1. The van der Waals surface area contributed by atoms with Crippen LogP contribution in [0.15, 0.2) is 58.6 Å². The topological polar surface area (TPSA) is 117 Å². The highest BCUT2D eigenvalue weighted by atomic mass is 32.2. The average Bonchev–Trinajstić information content (AvgIpc) is 3.01.